The van der Waals surface area contributed by atoms with Gasteiger partial charge in [-0.2, -0.15) is 0 Å². The summed E-state index contributed by atoms with van der Waals surface area (Å²) in [4.78, 5) is 0. The van der Waals surface area contributed by atoms with Gasteiger partial charge in [-0.3, -0.25) is 0 Å². The van der Waals surface area contributed by atoms with Crippen LogP contribution in [0.4, 0.5) is 0 Å². The predicted molar refractivity (Wildman–Crippen MR) is 34.4 cm³/mol. The predicted octanol–water partition coefficient (Wildman–Crippen LogP) is 2.83. The third kappa shape index (κ3) is 1.50. The molecule has 0 aromatic carbocycles. The van der Waals surface area contributed by atoms with E-state index in [0.29, 0.717) is 0 Å². The summed E-state index contributed by atoms with van der Waals surface area (Å²) in [7, 11) is 0. The first-order valence-electron chi connectivity index (χ1n) is 2.71. The first-order valence-corrected chi connectivity index (χ1v) is 2.71. The first-order chi connectivity index (χ1) is 2.71. The van der Waals surface area contributed by atoms with E-state index in [9.17, 15) is 0 Å². The molecule has 0 radical (unpaired) electrons. The van der Waals surface area contributed by atoms with Crippen molar-refractivity contribution in [2.24, 2.45) is 5.41 Å². The molecule has 0 spiro atoms. The van der Waals surface area contributed by atoms with E-state index in [1.807, 2.05) is 0 Å². The van der Waals surface area contributed by atoms with E-state index < -0.39 is 0 Å². The van der Waals surface area contributed by atoms with Crippen LogP contribution in [0.5, 0.6) is 0 Å². The Bertz CT molecular complexity index is 47.1. The fourth-order valence-electron chi connectivity index (χ4n) is 0.884. The van der Waals surface area contributed by atoms with Crippen LogP contribution in [0.1, 0.15) is 40.5 Å². The van der Waals surface area contributed by atoms with Crippen molar-refractivity contribution in [3.05, 3.63) is 0 Å². The van der Waals surface area contributed by atoms with Crippen molar-refractivity contribution in [2.45, 2.75) is 40.5 Å². The highest BCUT2D eigenvalue weighted by Gasteiger charge is 2.24. The van der Waals surface area contributed by atoms with Crippen LogP contribution in [-0.4, -0.2) is 0 Å². The Labute approximate surface area is 46.9 Å². The Morgan fingerprint density at radius 1 is 1.14 bits per heavy atom. The monoisotopic (exact) mass is 100 g/mol. The van der Waals surface area contributed by atoms with Gasteiger partial charge in [0.05, 0.1) is 0 Å². The average molecular weight is 100 g/mol. The Kier molecular flexibility index (Phi) is 1.85. The molecule has 0 heterocycles. The lowest BCUT2D eigenvalue weighted by Gasteiger charge is -2.33. The number of rotatable bonds is 0. The minimum atomic E-state index is 0. The second kappa shape index (κ2) is 1.85. The maximum atomic E-state index is 2.33. The standard InChI is InChI=1S/C6H12.CH4/c1-6(2)4-3-5-6;/h3-5H2,1-2H3;1H4. The fraction of sp³-hybridized carbons (Fsp3) is 1.00. The van der Waals surface area contributed by atoms with Crippen molar-refractivity contribution in [3.63, 3.8) is 0 Å². The molecule has 1 saturated carbocycles. The molecule has 1 aliphatic rings. The summed E-state index contributed by atoms with van der Waals surface area (Å²) >= 11 is 0. The highest BCUT2D eigenvalue weighted by molar-refractivity contribution is 4.77. The lowest BCUT2D eigenvalue weighted by Crippen LogP contribution is -2.20. The second-order valence-electron chi connectivity index (χ2n) is 3.02. The summed E-state index contributed by atoms with van der Waals surface area (Å²) in [6.45, 7) is 4.66. The normalized spacial score (nSPS) is 24.9. The Morgan fingerprint density at radius 2 is 1.43 bits per heavy atom. The van der Waals surface area contributed by atoms with Crippen LogP contribution in [0.2, 0.25) is 0 Å². The number of hydrogen-bond acceptors (Lipinski definition) is 0. The smallest absolute Gasteiger partial charge is 0.0354 e. The molecule has 0 aliphatic heterocycles. The lowest BCUT2D eigenvalue weighted by molar-refractivity contribution is 0.190. The summed E-state index contributed by atoms with van der Waals surface area (Å²) in [6.07, 6.45) is 4.37. The van der Waals surface area contributed by atoms with Gasteiger partial charge in [0.1, 0.15) is 0 Å². The van der Waals surface area contributed by atoms with Crippen molar-refractivity contribution >= 4 is 0 Å². The molecule has 0 N–H and O–H groups in total. The van der Waals surface area contributed by atoms with Gasteiger partial charge in [0.15, 0.2) is 0 Å². The van der Waals surface area contributed by atoms with Gasteiger partial charge >= 0.3 is 0 Å². The zero-order chi connectivity index (χ0) is 4.62. The largest absolute Gasteiger partial charge is 0.0776 e. The molecule has 44 valence electrons. The van der Waals surface area contributed by atoms with Crippen LogP contribution in [0.25, 0.3) is 0 Å². The molecule has 0 heteroatoms. The Hall–Kier alpha value is 0. The van der Waals surface area contributed by atoms with Crippen LogP contribution in [0, 0.1) is 5.41 Å². The van der Waals surface area contributed by atoms with E-state index >= 15 is 0 Å². The van der Waals surface area contributed by atoms with E-state index in [1.54, 1.807) is 0 Å². The van der Waals surface area contributed by atoms with Crippen molar-refractivity contribution in [3.8, 4) is 0 Å². The fourth-order valence-corrected chi connectivity index (χ4v) is 0.884. The molecule has 0 unspecified atom stereocenters. The van der Waals surface area contributed by atoms with E-state index in [0.717, 1.165) is 5.41 Å². The third-order valence-corrected chi connectivity index (χ3v) is 1.71. The molecule has 1 aliphatic carbocycles. The van der Waals surface area contributed by atoms with Crippen LogP contribution >= 0.6 is 0 Å². The van der Waals surface area contributed by atoms with Gasteiger partial charge in [0.25, 0.3) is 0 Å². The molecule has 0 saturated heterocycles. The molecule has 0 aromatic heterocycles. The molecule has 1 fully saturated rings. The van der Waals surface area contributed by atoms with Crippen molar-refractivity contribution in [2.75, 3.05) is 0 Å². The summed E-state index contributed by atoms with van der Waals surface area (Å²) in [6, 6.07) is 0. The van der Waals surface area contributed by atoms with Crippen molar-refractivity contribution in [1.82, 2.24) is 0 Å². The van der Waals surface area contributed by atoms with E-state index in [-0.39, 0.29) is 7.43 Å². The topological polar surface area (TPSA) is 0 Å². The molecule has 1 rings (SSSR count). The average Bonchev–Trinajstić information content (AvgIpc) is 1.32. The van der Waals surface area contributed by atoms with E-state index in [4.69, 9.17) is 0 Å². The quantitative estimate of drug-likeness (QED) is 0.439. The van der Waals surface area contributed by atoms with Gasteiger partial charge in [0, 0.05) is 0 Å². The maximum absolute atomic E-state index is 2.33. The molecule has 0 atom stereocenters. The van der Waals surface area contributed by atoms with Gasteiger partial charge in [-0.05, 0) is 18.3 Å². The summed E-state index contributed by atoms with van der Waals surface area (Å²) in [5.41, 5.74) is 0.722. The Balaban J connectivity index is 0.000000360. The van der Waals surface area contributed by atoms with Crippen molar-refractivity contribution in [1.29, 1.82) is 0 Å². The van der Waals surface area contributed by atoms with Crippen molar-refractivity contribution < 1.29 is 0 Å². The minimum Gasteiger partial charge on any atom is -0.0776 e. The summed E-state index contributed by atoms with van der Waals surface area (Å²) in [5.74, 6) is 0. The molecular formula is C7H16. The third-order valence-electron chi connectivity index (χ3n) is 1.71. The minimum absolute atomic E-state index is 0. The zero-order valence-electron chi connectivity index (χ0n) is 4.62. The van der Waals surface area contributed by atoms with Gasteiger partial charge < -0.3 is 0 Å². The molecule has 0 aromatic rings. The van der Waals surface area contributed by atoms with Crippen LogP contribution < -0.4 is 0 Å². The second-order valence-corrected chi connectivity index (χ2v) is 3.02. The highest BCUT2D eigenvalue weighted by Crippen LogP contribution is 2.38. The first kappa shape index (κ1) is 7.00. The lowest BCUT2D eigenvalue weighted by atomic mass is 9.72. The summed E-state index contributed by atoms with van der Waals surface area (Å²) in [5, 5.41) is 0. The van der Waals surface area contributed by atoms with Crippen LogP contribution in [0.15, 0.2) is 0 Å². The van der Waals surface area contributed by atoms with Gasteiger partial charge in [-0.25, -0.2) is 0 Å². The molecule has 0 nitrogen and oxygen atoms in total. The van der Waals surface area contributed by atoms with Gasteiger partial charge in [-0.15, -0.1) is 0 Å². The molecular weight excluding hydrogens is 84.1 g/mol. The van der Waals surface area contributed by atoms with Gasteiger partial charge in [-0.1, -0.05) is 27.7 Å². The maximum Gasteiger partial charge on any atom is -0.0354 e. The van der Waals surface area contributed by atoms with Crippen LogP contribution in [0.3, 0.4) is 0 Å². The number of hydrogen-bond donors (Lipinski definition) is 0. The SMILES string of the molecule is C.CC1(C)CCC1. The molecule has 0 amide bonds. The molecule has 0 bridgehead atoms. The zero-order valence-corrected chi connectivity index (χ0v) is 4.62. The van der Waals surface area contributed by atoms with Gasteiger partial charge in [0.2, 0.25) is 0 Å². The Morgan fingerprint density at radius 3 is 1.43 bits per heavy atom. The summed E-state index contributed by atoms with van der Waals surface area (Å²) < 4.78 is 0. The highest BCUT2D eigenvalue weighted by atomic mass is 14.3. The molecule has 7 heavy (non-hydrogen) atoms. The van der Waals surface area contributed by atoms with Crippen LogP contribution in [-0.2, 0) is 0 Å². The van der Waals surface area contributed by atoms with E-state index in [2.05, 4.69) is 13.8 Å². The van der Waals surface area contributed by atoms with E-state index in [1.165, 1.54) is 19.3 Å².